The molecule has 0 atom stereocenters. The highest BCUT2D eigenvalue weighted by Gasteiger charge is 2.31. The third-order valence-electron chi connectivity index (χ3n) is 6.20. The molecule has 0 radical (unpaired) electrons. The molecular formula is C27H28NO8+. The summed E-state index contributed by atoms with van der Waals surface area (Å²) in [4.78, 5) is 24.6. The maximum absolute atomic E-state index is 12.3. The minimum absolute atomic E-state index is 0.289. The maximum Gasteiger partial charge on any atom is 0.308 e. The molecule has 4 aromatic rings. The minimum atomic E-state index is -0.510. The molecule has 1 aromatic heterocycles. The predicted molar refractivity (Wildman–Crippen MR) is 134 cm³/mol. The normalized spacial score (nSPS) is 11.0. The van der Waals surface area contributed by atoms with E-state index in [4.69, 9.17) is 28.4 Å². The van der Waals surface area contributed by atoms with Gasteiger partial charge in [0.2, 0.25) is 5.75 Å². The summed E-state index contributed by atoms with van der Waals surface area (Å²) in [5.41, 5.74) is 1.42. The average Bonchev–Trinajstić information content (AvgIpc) is 2.86. The summed E-state index contributed by atoms with van der Waals surface area (Å²) in [6.45, 7) is 4.61. The number of ether oxygens (including phenoxy) is 6. The highest BCUT2D eigenvalue weighted by molar-refractivity contribution is 6.20. The van der Waals surface area contributed by atoms with Crippen molar-refractivity contribution in [2.45, 2.75) is 20.8 Å². The van der Waals surface area contributed by atoms with Crippen LogP contribution in [0.1, 0.15) is 19.5 Å². The van der Waals surface area contributed by atoms with Crippen LogP contribution in [0.5, 0.6) is 34.5 Å². The molecule has 1 heterocycles. The standard InChI is InChI=1S/C27H28NO8/c1-13-16-9-20(31-5)21(32-6)10-17(16)24-25(28(13)4)27(36-15(3)30)19-12-23(34-8)22(33-7)11-18(19)26(24)35-14(2)29/h9-12H,1-8H3/q+1. The quantitative estimate of drug-likeness (QED) is 0.130. The van der Waals surface area contributed by atoms with E-state index in [9.17, 15) is 9.59 Å². The summed E-state index contributed by atoms with van der Waals surface area (Å²) < 4.78 is 35.7. The van der Waals surface area contributed by atoms with Crippen LogP contribution in [0.25, 0.3) is 32.4 Å². The van der Waals surface area contributed by atoms with Crippen molar-refractivity contribution >= 4 is 44.4 Å². The lowest BCUT2D eigenvalue weighted by Gasteiger charge is -2.19. The van der Waals surface area contributed by atoms with Crippen molar-refractivity contribution in [3.8, 4) is 34.5 Å². The molecule has 4 rings (SSSR count). The fourth-order valence-corrected chi connectivity index (χ4v) is 4.54. The molecule has 0 bridgehead atoms. The number of esters is 2. The zero-order valence-electron chi connectivity index (χ0n) is 21.5. The first-order valence-corrected chi connectivity index (χ1v) is 11.1. The third-order valence-corrected chi connectivity index (χ3v) is 6.20. The van der Waals surface area contributed by atoms with E-state index in [1.807, 2.05) is 30.7 Å². The largest absolute Gasteiger partial charge is 0.493 e. The number of benzene rings is 3. The second-order valence-electron chi connectivity index (χ2n) is 8.22. The van der Waals surface area contributed by atoms with Gasteiger partial charge in [0.05, 0.1) is 33.8 Å². The van der Waals surface area contributed by atoms with E-state index in [-0.39, 0.29) is 5.75 Å². The monoisotopic (exact) mass is 494 g/mol. The van der Waals surface area contributed by atoms with Crippen LogP contribution in [0.3, 0.4) is 0 Å². The molecular weight excluding hydrogens is 466 g/mol. The number of hydrogen-bond acceptors (Lipinski definition) is 8. The lowest BCUT2D eigenvalue weighted by molar-refractivity contribution is -0.650. The van der Waals surface area contributed by atoms with Crippen LogP contribution in [0, 0.1) is 6.92 Å². The lowest BCUT2D eigenvalue weighted by Crippen LogP contribution is -2.34. The number of rotatable bonds is 6. The summed E-state index contributed by atoms with van der Waals surface area (Å²) in [5.74, 6) is 1.47. The second kappa shape index (κ2) is 9.41. The Morgan fingerprint density at radius 2 is 1.03 bits per heavy atom. The topological polar surface area (TPSA) is 93.4 Å². The summed E-state index contributed by atoms with van der Waals surface area (Å²) >= 11 is 0. The molecule has 0 saturated heterocycles. The van der Waals surface area contributed by atoms with Crippen molar-refractivity contribution in [1.82, 2.24) is 0 Å². The van der Waals surface area contributed by atoms with Crippen LogP contribution in [0.4, 0.5) is 0 Å². The molecule has 0 fully saturated rings. The number of carbonyl (C=O) groups is 2. The van der Waals surface area contributed by atoms with Crippen LogP contribution in [0.15, 0.2) is 24.3 Å². The van der Waals surface area contributed by atoms with Crippen LogP contribution in [-0.4, -0.2) is 40.4 Å². The summed E-state index contributed by atoms with van der Waals surface area (Å²) in [6, 6.07) is 7.09. The Labute approximate surface area is 208 Å². The summed E-state index contributed by atoms with van der Waals surface area (Å²) in [5, 5.41) is 3.14. The zero-order valence-corrected chi connectivity index (χ0v) is 21.5. The molecule has 36 heavy (non-hydrogen) atoms. The first-order valence-electron chi connectivity index (χ1n) is 11.1. The number of aromatic nitrogens is 1. The van der Waals surface area contributed by atoms with E-state index >= 15 is 0 Å². The predicted octanol–water partition coefficient (Wildman–Crippen LogP) is 4.16. The number of carbonyl (C=O) groups excluding carboxylic acids is 2. The minimum Gasteiger partial charge on any atom is -0.493 e. The van der Waals surface area contributed by atoms with E-state index in [0.29, 0.717) is 50.4 Å². The molecule has 9 heteroatoms. The average molecular weight is 495 g/mol. The Kier molecular flexibility index (Phi) is 6.49. The van der Waals surface area contributed by atoms with Gasteiger partial charge in [-0.2, -0.15) is 4.57 Å². The van der Waals surface area contributed by atoms with E-state index in [1.165, 1.54) is 28.1 Å². The van der Waals surface area contributed by atoms with Gasteiger partial charge in [-0.3, -0.25) is 9.59 Å². The van der Waals surface area contributed by atoms with Crippen molar-refractivity contribution in [2.24, 2.45) is 7.05 Å². The van der Waals surface area contributed by atoms with Gasteiger partial charge >= 0.3 is 11.9 Å². The van der Waals surface area contributed by atoms with E-state index < -0.39 is 11.9 Å². The van der Waals surface area contributed by atoms with Gasteiger partial charge in [0, 0.05) is 36.9 Å². The third kappa shape index (κ3) is 3.86. The highest BCUT2D eigenvalue weighted by atomic mass is 16.5. The van der Waals surface area contributed by atoms with Crippen molar-refractivity contribution in [3.05, 3.63) is 30.0 Å². The number of pyridine rings is 1. The van der Waals surface area contributed by atoms with Gasteiger partial charge in [0.1, 0.15) is 12.4 Å². The summed E-state index contributed by atoms with van der Waals surface area (Å²) in [7, 11) is 7.99. The fourth-order valence-electron chi connectivity index (χ4n) is 4.54. The smallest absolute Gasteiger partial charge is 0.308 e. The van der Waals surface area contributed by atoms with Gasteiger partial charge < -0.3 is 28.4 Å². The zero-order chi connectivity index (χ0) is 26.3. The molecule has 0 N–H and O–H groups in total. The van der Waals surface area contributed by atoms with Crippen LogP contribution >= 0.6 is 0 Å². The molecule has 0 saturated carbocycles. The van der Waals surface area contributed by atoms with Crippen LogP contribution in [0.2, 0.25) is 0 Å². The fraction of sp³-hybridized carbons (Fsp3) is 0.296. The summed E-state index contributed by atoms with van der Waals surface area (Å²) in [6.07, 6.45) is 0. The van der Waals surface area contributed by atoms with E-state index in [2.05, 4.69) is 0 Å². The number of fused-ring (bicyclic) bond motifs is 4. The number of aryl methyl sites for hydroxylation is 2. The van der Waals surface area contributed by atoms with Gasteiger partial charge in [-0.15, -0.1) is 0 Å². The van der Waals surface area contributed by atoms with Crippen molar-refractivity contribution in [2.75, 3.05) is 28.4 Å². The molecule has 188 valence electrons. The van der Waals surface area contributed by atoms with Gasteiger partial charge in [0.25, 0.3) is 5.52 Å². The van der Waals surface area contributed by atoms with Crippen molar-refractivity contribution in [1.29, 1.82) is 0 Å². The molecule has 0 amide bonds. The first-order chi connectivity index (χ1) is 17.2. The van der Waals surface area contributed by atoms with Crippen LogP contribution < -0.4 is 33.0 Å². The van der Waals surface area contributed by atoms with Gasteiger partial charge in [-0.05, 0) is 24.3 Å². The number of methoxy groups -OCH3 is 4. The molecule has 0 aliphatic carbocycles. The van der Waals surface area contributed by atoms with E-state index in [1.54, 1.807) is 26.4 Å². The molecule has 0 aliphatic rings. The second-order valence-corrected chi connectivity index (χ2v) is 8.22. The molecule has 0 aliphatic heterocycles. The Bertz CT molecular complexity index is 1560. The van der Waals surface area contributed by atoms with Gasteiger partial charge in [0.15, 0.2) is 34.4 Å². The van der Waals surface area contributed by atoms with Crippen LogP contribution in [-0.2, 0) is 16.6 Å². The molecule has 3 aromatic carbocycles. The van der Waals surface area contributed by atoms with E-state index in [0.717, 1.165) is 16.5 Å². The maximum atomic E-state index is 12.3. The number of nitrogens with zero attached hydrogens (tertiary/aromatic N) is 1. The van der Waals surface area contributed by atoms with Crippen molar-refractivity contribution < 1.29 is 42.6 Å². The molecule has 9 nitrogen and oxygen atoms in total. The SMILES string of the molecule is COc1cc2c(OC(C)=O)c3c4cc(OC)c(OC)cc4c(C)[n+](C)c3c(OC(C)=O)c2cc1OC. The van der Waals surface area contributed by atoms with Crippen molar-refractivity contribution in [3.63, 3.8) is 0 Å². The Balaban J connectivity index is 2.40. The Hall–Kier alpha value is -4.27. The Morgan fingerprint density at radius 3 is 1.47 bits per heavy atom. The van der Waals surface area contributed by atoms with Gasteiger partial charge in [-0.25, -0.2) is 0 Å². The first kappa shape index (κ1) is 24.8. The highest BCUT2D eigenvalue weighted by Crippen LogP contribution is 2.49. The Morgan fingerprint density at radius 1 is 0.639 bits per heavy atom. The molecule has 0 spiro atoms. The lowest BCUT2D eigenvalue weighted by atomic mass is 9.96. The molecule has 0 unspecified atom stereocenters. The number of hydrogen-bond donors (Lipinski definition) is 0. The van der Waals surface area contributed by atoms with Gasteiger partial charge in [-0.1, -0.05) is 0 Å².